The number of nitro benzene ring substituents is 1. The number of benzene rings is 1. The molecule has 0 aliphatic heterocycles. The van der Waals surface area contributed by atoms with Crippen molar-refractivity contribution in [1.82, 2.24) is 5.32 Å². The third-order valence-corrected chi connectivity index (χ3v) is 3.18. The minimum atomic E-state index is -0.990. The minimum absolute atomic E-state index is 0.106. The van der Waals surface area contributed by atoms with E-state index in [2.05, 4.69) is 5.32 Å². The van der Waals surface area contributed by atoms with Gasteiger partial charge in [-0.05, 0) is 30.9 Å². The quantitative estimate of drug-likeness (QED) is 0.488. The number of nitrogens with zero attached hydrogens (tertiary/aromatic N) is 1. The average molecular weight is 266 g/mol. The van der Waals surface area contributed by atoms with Gasteiger partial charge in [0.15, 0.2) is 0 Å². The fraction of sp³-hybridized carbons (Fsp3) is 0.462. The maximum absolute atomic E-state index is 13.3. The molecule has 1 amide bonds. The van der Waals surface area contributed by atoms with Crippen molar-refractivity contribution in [3.05, 3.63) is 39.7 Å². The molecule has 1 aliphatic rings. The summed E-state index contributed by atoms with van der Waals surface area (Å²) < 4.78 is 13.3. The molecule has 102 valence electrons. The van der Waals surface area contributed by atoms with Gasteiger partial charge in [-0.2, -0.15) is 4.39 Å². The molecule has 0 atom stereocenters. The van der Waals surface area contributed by atoms with E-state index in [0.717, 1.165) is 30.9 Å². The van der Waals surface area contributed by atoms with E-state index in [1.54, 1.807) is 0 Å². The van der Waals surface area contributed by atoms with Crippen LogP contribution in [0.4, 0.5) is 10.1 Å². The van der Waals surface area contributed by atoms with Gasteiger partial charge in [0, 0.05) is 18.2 Å². The number of hydrogen-bond acceptors (Lipinski definition) is 3. The Bertz CT molecular complexity index is 501. The van der Waals surface area contributed by atoms with Crippen LogP contribution in [0.25, 0.3) is 0 Å². The van der Waals surface area contributed by atoms with E-state index in [1.807, 2.05) is 0 Å². The summed E-state index contributed by atoms with van der Waals surface area (Å²) >= 11 is 0. The molecule has 1 aromatic rings. The lowest BCUT2D eigenvalue weighted by atomic mass is 10.1. The summed E-state index contributed by atoms with van der Waals surface area (Å²) in [6, 6.07) is 3.17. The molecule has 2 rings (SSSR count). The Morgan fingerprint density at radius 1 is 1.47 bits per heavy atom. The van der Waals surface area contributed by atoms with Crippen molar-refractivity contribution < 1.29 is 14.1 Å². The van der Waals surface area contributed by atoms with Crippen molar-refractivity contribution in [2.45, 2.75) is 25.7 Å². The number of nitrogens with one attached hydrogen (secondary N) is 1. The summed E-state index contributed by atoms with van der Waals surface area (Å²) in [7, 11) is 0. The number of halogens is 1. The molecule has 1 aromatic carbocycles. The van der Waals surface area contributed by atoms with Gasteiger partial charge in [-0.1, -0.05) is 12.8 Å². The van der Waals surface area contributed by atoms with Crippen LogP contribution >= 0.6 is 0 Å². The summed E-state index contributed by atoms with van der Waals surface area (Å²) in [4.78, 5) is 21.3. The summed E-state index contributed by atoms with van der Waals surface area (Å²) in [6.45, 7) is 0.550. The topological polar surface area (TPSA) is 72.2 Å². The van der Waals surface area contributed by atoms with E-state index in [9.17, 15) is 19.3 Å². The van der Waals surface area contributed by atoms with E-state index in [1.165, 1.54) is 18.9 Å². The van der Waals surface area contributed by atoms with Gasteiger partial charge in [-0.25, -0.2) is 0 Å². The monoisotopic (exact) mass is 266 g/mol. The second-order valence-electron chi connectivity index (χ2n) is 4.76. The van der Waals surface area contributed by atoms with Gasteiger partial charge in [0.1, 0.15) is 0 Å². The van der Waals surface area contributed by atoms with Crippen molar-refractivity contribution in [2.75, 3.05) is 6.54 Å². The highest BCUT2D eigenvalue weighted by atomic mass is 19.1. The van der Waals surface area contributed by atoms with E-state index >= 15 is 0 Å². The van der Waals surface area contributed by atoms with Gasteiger partial charge in [0.2, 0.25) is 5.82 Å². The molecule has 0 aromatic heterocycles. The highest BCUT2D eigenvalue weighted by Crippen LogP contribution is 2.33. The van der Waals surface area contributed by atoms with Crippen LogP contribution in [-0.2, 0) is 0 Å². The molecular weight excluding hydrogens is 251 g/mol. The summed E-state index contributed by atoms with van der Waals surface area (Å²) in [5.74, 6) is -0.575. The molecule has 0 saturated heterocycles. The SMILES string of the molecule is O=C(NCCCC1CC1)c1ccc([N+](=O)[O-])c(F)c1. The van der Waals surface area contributed by atoms with E-state index in [-0.39, 0.29) is 5.56 Å². The summed E-state index contributed by atoms with van der Waals surface area (Å²) in [5.41, 5.74) is -0.514. The van der Waals surface area contributed by atoms with Crippen molar-refractivity contribution in [3.8, 4) is 0 Å². The average Bonchev–Trinajstić information content (AvgIpc) is 3.17. The molecule has 1 fully saturated rings. The molecule has 0 heterocycles. The third-order valence-electron chi connectivity index (χ3n) is 3.18. The lowest BCUT2D eigenvalue weighted by Crippen LogP contribution is -2.24. The molecular formula is C13H15FN2O3. The zero-order valence-electron chi connectivity index (χ0n) is 10.4. The van der Waals surface area contributed by atoms with Gasteiger partial charge in [0.25, 0.3) is 5.91 Å². The lowest BCUT2D eigenvalue weighted by molar-refractivity contribution is -0.387. The first-order valence-electron chi connectivity index (χ1n) is 6.30. The van der Waals surface area contributed by atoms with Gasteiger partial charge in [-0.15, -0.1) is 0 Å². The first kappa shape index (κ1) is 13.5. The van der Waals surface area contributed by atoms with Gasteiger partial charge < -0.3 is 5.32 Å². The zero-order chi connectivity index (χ0) is 13.8. The maximum Gasteiger partial charge on any atom is 0.304 e. The van der Waals surface area contributed by atoms with Gasteiger partial charge >= 0.3 is 5.69 Å². The Morgan fingerprint density at radius 3 is 2.79 bits per heavy atom. The minimum Gasteiger partial charge on any atom is -0.352 e. The zero-order valence-corrected chi connectivity index (χ0v) is 10.4. The lowest BCUT2D eigenvalue weighted by Gasteiger charge is -2.05. The Hall–Kier alpha value is -1.98. The molecule has 5 nitrogen and oxygen atoms in total. The van der Waals surface area contributed by atoms with Crippen LogP contribution in [0.3, 0.4) is 0 Å². The predicted octanol–water partition coefficient (Wildman–Crippen LogP) is 2.65. The molecule has 0 radical (unpaired) electrons. The van der Waals surface area contributed by atoms with E-state index in [4.69, 9.17) is 0 Å². The van der Waals surface area contributed by atoms with Crippen LogP contribution in [0.2, 0.25) is 0 Å². The normalized spacial score (nSPS) is 14.2. The summed E-state index contributed by atoms with van der Waals surface area (Å²) in [6.07, 6.45) is 4.57. The van der Waals surface area contributed by atoms with Crippen LogP contribution in [0.1, 0.15) is 36.0 Å². The van der Waals surface area contributed by atoms with Crippen LogP contribution in [0.15, 0.2) is 18.2 Å². The Kier molecular flexibility index (Phi) is 4.09. The Balaban J connectivity index is 1.87. The number of amides is 1. The predicted molar refractivity (Wildman–Crippen MR) is 67.3 cm³/mol. The van der Waals surface area contributed by atoms with Gasteiger partial charge in [0.05, 0.1) is 4.92 Å². The maximum atomic E-state index is 13.3. The first-order chi connectivity index (χ1) is 9.08. The largest absolute Gasteiger partial charge is 0.352 e. The molecule has 0 bridgehead atoms. The number of nitro groups is 1. The molecule has 0 spiro atoms. The van der Waals surface area contributed by atoms with Crippen LogP contribution in [0.5, 0.6) is 0 Å². The van der Waals surface area contributed by atoms with Crippen molar-refractivity contribution in [2.24, 2.45) is 5.92 Å². The van der Waals surface area contributed by atoms with Crippen molar-refractivity contribution in [1.29, 1.82) is 0 Å². The number of carbonyl (C=O) groups is 1. The van der Waals surface area contributed by atoms with E-state index in [0.29, 0.717) is 6.54 Å². The third kappa shape index (κ3) is 3.74. The fourth-order valence-corrected chi connectivity index (χ4v) is 1.90. The van der Waals surface area contributed by atoms with Gasteiger partial charge in [-0.3, -0.25) is 14.9 Å². The standard InChI is InChI=1S/C13H15FN2O3/c14-11-8-10(5-6-12(11)16(18)19)13(17)15-7-1-2-9-3-4-9/h5-6,8-9H,1-4,7H2,(H,15,17). The Morgan fingerprint density at radius 2 is 2.21 bits per heavy atom. The first-order valence-corrected chi connectivity index (χ1v) is 6.30. The van der Waals surface area contributed by atoms with Crippen LogP contribution in [-0.4, -0.2) is 17.4 Å². The molecule has 1 N–H and O–H groups in total. The second kappa shape index (κ2) is 5.77. The second-order valence-corrected chi connectivity index (χ2v) is 4.76. The van der Waals surface area contributed by atoms with Crippen LogP contribution in [0, 0.1) is 21.8 Å². The highest BCUT2D eigenvalue weighted by molar-refractivity contribution is 5.94. The van der Waals surface area contributed by atoms with E-state index < -0.39 is 22.3 Å². The van der Waals surface area contributed by atoms with Crippen LogP contribution < -0.4 is 5.32 Å². The number of rotatable bonds is 6. The molecule has 6 heteroatoms. The number of carbonyl (C=O) groups excluding carboxylic acids is 1. The smallest absolute Gasteiger partial charge is 0.304 e. The van der Waals surface area contributed by atoms with Crippen molar-refractivity contribution in [3.63, 3.8) is 0 Å². The number of hydrogen-bond donors (Lipinski definition) is 1. The van der Waals surface area contributed by atoms with Crippen molar-refractivity contribution >= 4 is 11.6 Å². The fourth-order valence-electron chi connectivity index (χ4n) is 1.90. The molecule has 0 unspecified atom stereocenters. The Labute approximate surface area is 110 Å². The molecule has 19 heavy (non-hydrogen) atoms. The molecule has 1 aliphatic carbocycles. The molecule has 1 saturated carbocycles. The summed E-state index contributed by atoms with van der Waals surface area (Å²) in [5, 5.41) is 13.1. The highest BCUT2D eigenvalue weighted by Gasteiger charge is 2.20.